The molecule has 2 aromatic rings. The highest BCUT2D eigenvalue weighted by atomic mass is 16.6. The number of H-pyrrole nitrogens is 1. The maximum atomic E-state index is 11.7. The van der Waals surface area contributed by atoms with E-state index in [9.17, 15) is 14.9 Å². The van der Waals surface area contributed by atoms with Gasteiger partial charge >= 0.3 is 0 Å². The Morgan fingerprint density at radius 1 is 1.52 bits per heavy atom. The van der Waals surface area contributed by atoms with E-state index < -0.39 is 10.5 Å². The van der Waals surface area contributed by atoms with Crippen LogP contribution in [0, 0.1) is 10.1 Å². The van der Waals surface area contributed by atoms with Crippen molar-refractivity contribution in [3.05, 3.63) is 38.9 Å². The molecule has 8 heteroatoms. The molecular formula is C13H16N4O4. The number of aliphatic hydroxyl groups excluding tert-OH is 1. The summed E-state index contributed by atoms with van der Waals surface area (Å²) in [6.45, 7) is 1.91. The number of aromatic amines is 1. The fourth-order valence-corrected chi connectivity index (χ4v) is 2.12. The van der Waals surface area contributed by atoms with Gasteiger partial charge in [-0.2, -0.15) is 0 Å². The SMILES string of the molecule is CCC(CCO)Nc1cc2nc[nH]c(=O)c2cc1[N+](=O)[O-]. The second kappa shape index (κ2) is 6.31. The first kappa shape index (κ1) is 14.9. The van der Waals surface area contributed by atoms with Gasteiger partial charge in [0, 0.05) is 18.7 Å². The molecule has 1 aromatic carbocycles. The first-order valence-corrected chi connectivity index (χ1v) is 6.60. The third kappa shape index (κ3) is 3.16. The normalized spacial score (nSPS) is 12.3. The summed E-state index contributed by atoms with van der Waals surface area (Å²) in [5, 5.41) is 23.4. The summed E-state index contributed by atoms with van der Waals surface area (Å²) in [5.74, 6) is 0. The number of hydrogen-bond acceptors (Lipinski definition) is 6. The molecule has 3 N–H and O–H groups in total. The molecular weight excluding hydrogens is 276 g/mol. The third-order valence-electron chi connectivity index (χ3n) is 3.28. The van der Waals surface area contributed by atoms with Gasteiger partial charge in [-0.1, -0.05) is 6.92 Å². The Kier molecular flexibility index (Phi) is 4.49. The van der Waals surface area contributed by atoms with Crippen LogP contribution in [0.3, 0.4) is 0 Å². The van der Waals surface area contributed by atoms with Crippen molar-refractivity contribution in [2.75, 3.05) is 11.9 Å². The van der Waals surface area contributed by atoms with Gasteiger partial charge in [0.2, 0.25) is 0 Å². The van der Waals surface area contributed by atoms with Gasteiger partial charge in [-0.15, -0.1) is 0 Å². The average Bonchev–Trinajstić information content (AvgIpc) is 2.46. The van der Waals surface area contributed by atoms with Crippen LogP contribution in [-0.2, 0) is 0 Å². The number of nitro groups is 1. The Hall–Kier alpha value is -2.48. The molecule has 0 bridgehead atoms. The molecule has 0 spiro atoms. The zero-order chi connectivity index (χ0) is 15.4. The standard InChI is InChI=1S/C13H16N4O4/c1-2-8(3-4-18)16-11-6-10-9(5-12(11)17(20)21)13(19)15-7-14-10/h5-8,16,18H,2-4H2,1H3,(H,14,15,19). The van der Waals surface area contributed by atoms with Crippen molar-refractivity contribution in [3.8, 4) is 0 Å². The third-order valence-corrected chi connectivity index (χ3v) is 3.28. The molecule has 1 atom stereocenters. The highest BCUT2D eigenvalue weighted by molar-refractivity contribution is 5.86. The Labute approximate surface area is 120 Å². The molecule has 0 amide bonds. The zero-order valence-corrected chi connectivity index (χ0v) is 11.5. The van der Waals surface area contributed by atoms with Crippen LogP contribution in [-0.4, -0.2) is 32.6 Å². The van der Waals surface area contributed by atoms with E-state index in [1.54, 1.807) is 0 Å². The number of nitro benzene ring substituents is 1. The van der Waals surface area contributed by atoms with Gasteiger partial charge in [0.15, 0.2) is 0 Å². The molecule has 1 heterocycles. The maximum absolute atomic E-state index is 11.7. The molecule has 0 fully saturated rings. The van der Waals surface area contributed by atoms with E-state index in [0.29, 0.717) is 24.0 Å². The molecule has 1 aromatic heterocycles. The predicted octanol–water partition coefficient (Wildman–Crippen LogP) is 1.40. The average molecular weight is 292 g/mol. The monoisotopic (exact) mass is 292 g/mol. The lowest BCUT2D eigenvalue weighted by Gasteiger charge is -2.17. The molecule has 8 nitrogen and oxygen atoms in total. The van der Waals surface area contributed by atoms with Crippen molar-refractivity contribution < 1.29 is 10.0 Å². The van der Waals surface area contributed by atoms with Crippen molar-refractivity contribution >= 4 is 22.3 Å². The summed E-state index contributed by atoms with van der Waals surface area (Å²) in [7, 11) is 0. The fourth-order valence-electron chi connectivity index (χ4n) is 2.12. The molecule has 112 valence electrons. The van der Waals surface area contributed by atoms with Gasteiger partial charge < -0.3 is 15.4 Å². The van der Waals surface area contributed by atoms with Crippen LogP contribution in [0.5, 0.6) is 0 Å². The van der Waals surface area contributed by atoms with Crippen molar-refractivity contribution in [2.45, 2.75) is 25.8 Å². The smallest absolute Gasteiger partial charge is 0.293 e. The minimum atomic E-state index is -0.542. The Morgan fingerprint density at radius 3 is 2.90 bits per heavy atom. The van der Waals surface area contributed by atoms with E-state index in [1.165, 1.54) is 18.5 Å². The van der Waals surface area contributed by atoms with Gasteiger partial charge in [-0.3, -0.25) is 14.9 Å². The summed E-state index contributed by atoms with van der Waals surface area (Å²) in [6, 6.07) is 2.62. The molecule has 0 aliphatic rings. The number of anilines is 1. The number of fused-ring (bicyclic) bond motifs is 1. The summed E-state index contributed by atoms with van der Waals surface area (Å²) >= 11 is 0. The number of aliphatic hydroxyl groups is 1. The number of nitrogens with one attached hydrogen (secondary N) is 2. The minimum absolute atomic E-state index is 0.00912. The van der Waals surface area contributed by atoms with Crippen molar-refractivity contribution in [3.63, 3.8) is 0 Å². The summed E-state index contributed by atoms with van der Waals surface area (Å²) in [6.07, 6.45) is 2.44. The molecule has 0 saturated heterocycles. The number of nitrogens with zero attached hydrogens (tertiary/aromatic N) is 2. The first-order valence-electron chi connectivity index (χ1n) is 6.60. The van der Waals surface area contributed by atoms with Crippen LogP contribution >= 0.6 is 0 Å². The van der Waals surface area contributed by atoms with Crippen LogP contribution in [0.15, 0.2) is 23.3 Å². The van der Waals surface area contributed by atoms with Crippen molar-refractivity contribution in [2.24, 2.45) is 0 Å². The van der Waals surface area contributed by atoms with Crippen LogP contribution in [0.4, 0.5) is 11.4 Å². The highest BCUT2D eigenvalue weighted by Crippen LogP contribution is 2.29. The molecule has 0 radical (unpaired) electrons. The van der Waals surface area contributed by atoms with Crippen molar-refractivity contribution in [1.29, 1.82) is 0 Å². The van der Waals surface area contributed by atoms with E-state index in [4.69, 9.17) is 5.11 Å². The van der Waals surface area contributed by atoms with E-state index in [2.05, 4.69) is 15.3 Å². The lowest BCUT2D eigenvalue weighted by atomic mass is 10.1. The molecule has 1 unspecified atom stereocenters. The topological polar surface area (TPSA) is 121 Å². The minimum Gasteiger partial charge on any atom is -0.396 e. The molecule has 0 aliphatic heterocycles. The predicted molar refractivity (Wildman–Crippen MR) is 78.4 cm³/mol. The summed E-state index contributed by atoms with van der Waals surface area (Å²) in [5.41, 5.74) is 0.0750. The van der Waals surface area contributed by atoms with E-state index in [1.807, 2.05) is 6.92 Å². The maximum Gasteiger partial charge on any atom is 0.293 e. The van der Waals surface area contributed by atoms with Crippen LogP contribution in [0.1, 0.15) is 19.8 Å². The quantitative estimate of drug-likeness (QED) is 0.546. The van der Waals surface area contributed by atoms with Crippen LogP contribution in [0.25, 0.3) is 10.9 Å². The number of benzene rings is 1. The lowest BCUT2D eigenvalue weighted by molar-refractivity contribution is -0.383. The Bertz CT molecular complexity index is 713. The molecule has 21 heavy (non-hydrogen) atoms. The Balaban J connectivity index is 2.53. The van der Waals surface area contributed by atoms with Gasteiger partial charge in [0.1, 0.15) is 5.69 Å². The highest BCUT2D eigenvalue weighted by Gasteiger charge is 2.19. The largest absolute Gasteiger partial charge is 0.396 e. The summed E-state index contributed by atoms with van der Waals surface area (Å²) in [4.78, 5) is 28.7. The first-order chi connectivity index (χ1) is 10.1. The van der Waals surface area contributed by atoms with Crippen molar-refractivity contribution in [1.82, 2.24) is 9.97 Å². The van der Waals surface area contributed by atoms with Crippen LogP contribution in [0.2, 0.25) is 0 Å². The fraction of sp³-hybridized carbons (Fsp3) is 0.385. The van der Waals surface area contributed by atoms with E-state index >= 15 is 0 Å². The van der Waals surface area contributed by atoms with Gasteiger partial charge in [-0.05, 0) is 18.9 Å². The van der Waals surface area contributed by atoms with Gasteiger partial charge in [-0.25, -0.2) is 4.98 Å². The number of hydrogen-bond donors (Lipinski definition) is 3. The second-order valence-electron chi connectivity index (χ2n) is 4.64. The van der Waals surface area contributed by atoms with E-state index in [-0.39, 0.29) is 23.7 Å². The van der Waals surface area contributed by atoms with Gasteiger partial charge in [0.05, 0.1) is 22.2 Å². The lowest BCUT2D eigenvalue weighted by Crippen LogP contribution is -2.20. The number of rotatable bonds is 6. The zero-order valence-electron chi connectivity index (χ0n) is 11.5. The van der Waals surface area contributed by atoms with Crippen LogP contribution < -0.4 is 10.9 Å². The molecule has 0 saturated carbocycles. The van der Waals surface area contributed by atoms with Gasteiger partial charge in [0.25, 0.3) is 11.2 Å². The van der Waals surface area contributed by atoms with E-state index in [0.717, 1.165) is 0 Å². The second-order valence-corrected chi connectivity index (χ2v) is 4.64. The molecule has 2 rings (SSSR count). The number of aromatic nitrogens is 2. The molecule has 0 aliphatic carbocycles. The summed E-state index contributed by atoms with van der Waals surface area (Å²) < 4.78 is 0. The Morgan fingerprint density at radius 2 is 2.29 bits per heavy atom.